The first-order valence-electron chi connectivity index (χ1n) is 6.61. The van der Waals surface area contributed by atoms with Crippen molar-refractivity contribution in [3.63, 3.8) is 0 Å². The number of hydrogen-bond acceptors (Lipinski definition) is 2. The SMILES string of the molecule is Cc1c([C@@H]2CCc3ccc(Cl)cc32)ccnc1C(N)=O. The van der Waals surface area contributed by atoms with Gasteiger partial charge in [0.15, 0.2) is 0 Å². The molecule has 1 amide bonds. The molecule has 0 aliphatic heterocycles. The van der Waals surface area contributed by atoms with Crippen LogP contribution >= 0.6 is 11.6 Å². The van der Waals surface area contributed by atoms with Crippen LogP contribution in [0.3, 0.4) is 0 Å². The normalized spacial score (nSPS) is 17.0. The maximum Gasteiger partial charge on any atom is 0.267 e. The number of pyridine rings is 1. The minimum absolute atomic E-state index is 0.268. The summed E-state index contributed by atoms with van der Waals surface area (Å²) in [6, 6.07) is 8.01. The lowest BCUT2D eigenvalue weighted by molar-refractivity contribution is 0.0995. The Balaban J connectivity index is 2.11. The third-order valence-electron chi connectivity index (χ3n) is 4.04. The van der Waals surface area contributed by atoms with Crippen molar-refractivity contribution >= 4 is 17.5 Å². The molecule has 2 aromatic rings. The summed E-state index contributed by atoms with van der Waals surface area (Å²) in [4.78, 5) is 15.5. The minimum Gasteiger partial charge on any atom is -0.364 e. The first kappa shape index (κ1) is 13.1. The van der Waals surface area contributed by atoms with Crippen molar-refractivity contribution in [1.29, 1.82) is 0 Å². The van der Waals surface area contributed by atoms with Gasteiger partial charge in [-0.05, 0) is 60.2 Å². The number of nitrogens with two attached hydrogens (primary N) is 1. The lowest BCUT2D eigenvalue weighted by Crippen LogP contribution is -2.16. The Morgan fingerprint density at radius 1 is 1.35 bits per heavy atom. The van der Waals surface area contributed by atoms with Gasteiger partial charge >= 0.3 is 0 Å². The van der Waals surface area contributed by atoms with E-state index < -0.39 is 5.91 Å². The van der Waals surface area contributed by atoms with Gasteiger partial charge in [0.25, 0.3) is 5.91 Å². The third-order valence-corrected chi connectivity index (χ3v) is 4.28. The number of hydrogen-bond donors (Lipinski definition) is 1. The second kappa shape index (κ2) is 4.91. The molecule has 1 aromatic heterocycles. The number of aromatic nitrogens is 1. The van der Waals surface area contributed by atoms with E-state index in [9.17, 15) is 4.79 Å². The highest BCUT2D eigenvalue weighted by Crippen LogP contribution is 2.40. The van der Waals surface area contributed by atoms with Crippen molar-refractivity contribution in [3.05, 3.63) is 63.4 Å². The average Bonchev–Trinajstić information content (AvgIpc) is 2.81. The quantitative estimate of drug-likeness (QED) is 0.921. The van der Waals surface area contributed by atoms with Gasteiger partial charge in [0.2, 0.25) is 0 Å². The molecule has 1 aliphatic rings. The fourth-order valence-corrected chi connectivity index (χ4v) is 3.25. The molecule has 0 saturated heterocycles. The van der Waals surface area contributed by atoms with E-state index in [1.807, 2.05) is 25.1 Å². The van der Waals surface area contributed by atoms with Crippen LogP contribution in [0.25, 0.3) is 0 Å². The van der Waals surface area contributed by atoms with Crippen LogP contribution < -0.4 is 5.73 Å². The van der Waals surface area contributed by atoms with Crippen LogP contribution in [0, 0.1) is 6.92 Å². The lowest BCUT2D eigenvalue weighted by atomic mass is 9.89. The number of benzene rings is 1. The molecule has 0 radical (unpaired) electrons. The molecular formula is C16H15ClN2O. The number of primary amides is 1. The molecule has 0 spiro atoms. The number of carbonyl (C=O) groups is 1. The van der Waals surface area contributed by atoms with Crippen molar-refractivity contribution in [2.24, 2.45) is 5.73 Å². The molecule has 20 heavy (non-hydrogen) atoms. The summed E-state index contributed by atoms with van der Waals surface area (Å²) in [5, 5.41) is 0.748. The molecule has 0 saturated carbocycles. The van der Waals surface area contributed by atoms with Crippen LogP contribution in [0.15, 0.2) is 30.5 Å². The second-order valence-electron chi connectivity index (χ2n) is 5.17. The van der Waals surface area contributed by atoms with E-state index in [0.717, 1.165) is 29.0 Å². The molecule has 102 valence electrons. The Bertz CT molecular complexity index is 697. The molecule has 3 nitrogen and oxygen atoms in total. The number of halogens is 1. The van der Waals surface area contributed by atoms with Crippen LogP contribution in [0.1, 0.15) is 45.1 Å². The molecule has 1 heterocycles. The van der Waals surface area contributed by atoms with Crippen LogP contribution in [0.2, 0.25) is 5.02 Å². The van der Waals surface area contributed by atoms with Crippen molar-refractivity contribution < 1.29 is 4.79 Å². The number of carbonyl (C=O) groups excluding carboxylic acids is 1. The Hall–Kier alpha value is -1.87. The predicted octanol–water partition coefficient (Wildman–Crippen LogP) is 3.22. The van der Waals surface area contributed by atoms with Crippen LogP contribution in [-0.4, -0.2) is 10.9 Å². The molecule has 0 fully saturated rings. The van der Waals surface area contributed by atoms with Gasteiger partial charge in [0.1, 0.15) is 5.69 Å². The molecule has 4 heteroatoms. The summed E-state index contributed by atoms with van der Waals surface area (Å²) in [5.74, 6) is -0.210. The monoisotopic (exact) mass is 286 g/mol. The van der Waals surface area contributed by atoms with E-state index in [2.05, 4.69) is 11.1 Å². The maximum absolute atomic E-state index is 11.4. The van der Waals surface area contributed by atoms with Gasteiger partial charge in [-0.3, -0.25) is 9.78 Å². The topological polar surface area (TPSA) is 56.0 Å². The van der Waals surface area contributed by atoms with Crippen molar-refractivity contribution in [1.82, 2.24) is 4.98 Å². The zero-order valence-corrected chi connectivity index (χ0v) is 11.9. The molecule has 0 bridgehead atoms. The van der Waals surface area contributed by atoms with Crippen LogP contribution in [0.4, 0.5) is 0 Å². The zero-order valence-electron chi connectivity index (χ0n) is 11.2. The smallest absolute Gasteiger partial charge is 0.267 e. The van der Waals surface area contributed by atoms with Crippen molar-refractivity contribution in [3.8, 4) is 0 Å². The fourth-order valence-electron chi connectivity index (χ4n) is 3.07. The summed E-state index contributed by atoms with van der Waals surface area (Å²) in [7, 11) is 0. The zero-order chi connectivity index (χ0) is 14.3. The van der Waals surface area contributed by atoms with Gasteiger partial charge in [-0.2, -0.15) is 0 Å². The first-order chi connectivity index (χ1) is 9.58. The molecule has 1 aromatic carbocycles. The van der Waals surface area contributed by atoms with Gasteiger partial charge in [-0.1, -0.05) is 17.7 Å². The molecule has 2 N–H and O–H groups in total. The molecule has 1 aliphatic carbocycles. The van der Waals surface area contributed by atoms with Gasteiger partial charge in [0.05, 0.1) is 0 Å². The maximum atomic E-state index is 11.4. The van der Waals surface area contributed by atoms with Crippen molar-refractivity contribution in [2.45, 2.75) is 25.7 Å². The number of nitrogens with zero attached hydrogens (tertiary/aromatic N) is 1. The summed E-state index contributed by atoms with van der Waals surface area (Å²) < 4.78 is 0. The molecule has 1 atom stereocenters. The second-order valence-corrected chi connectivity index (χ2v) is 5.61. The molecule has 3 rings (SSSR count). The van der Waals surface area contributed by atoms with E-state index >= 15 is 0 Å². The number of rotatable bonds is 2. The summed E-state index contributed by atoms with van der Waals surface area (Å²) in [6.07, 6.45) is 3.72. The minimum atomic E-state index is -0.478. The van der Waals surface area contributed by atoms with E-state index in [0.29, 0.717) is 5.69 Å². The number of fused-ring (bicyclic) bond motifs is 1. The highest BCUT2D eigenvalue weighted by molar-refractivity contribution is 6.30. The fraction of sp³-hybridized carbons (Fsp3) is 0.250. The highest BCUT2D eigenvalue weighted by Gasteiger charge is 2.26. The van der Waals surface area contributed by atoms with E-state index in [4.69, 9.17) is 17.3 Å². The van der Waals surface area contributed by atoms with Gasteiger partial charge in [-0.15, -0.1) is 0 Å². The Morgan fingerprint density at radius 3 is 2.90 bits per heavy atom. The molecule has 0 unspecified atom stereocenters. The van der Waals surface area contributed by atoms with E-state index in [1.165, 1.54) is 11.1 Å². The van der Waals surface area contributed by atoms with E-state index in [-0.39, 0.29) is 5.92 Å². The van der Waals surface area contributed by atoms with Crippen molar-refractivity contribution in [2.75, 3.05) is 0 Å². The van der Waals surface area contributed by atoms with E-state index in [1.54, 1.807) is 6.20 Å². The summed E-state index contributed by atoms with van der Waals surface area (Å²) in [6.45, 7) is 1.91. The molecular weight excluding hydrogens is 272 g/mol. The first-order valence-corrected chi connectivity index (χ1v) is 6.99. The number of aryl methyl sites for hydroxylation is 1. The average molecular weight is 287 g/mol. The number of amides is 1. The largest absolute Gasteiger partial charge is 0.364 e. The summed E-state index contributed by atoms with van der Waals surface area (Å²) >= 11 is 6.11. The standard InChI is InChI=1S/C16H15ClN2O/c1-9-12(6-7-19-15(9)16(18)20)13-5-3-10-2-4-11(17)8-14(10)13/h2,4,6-8,13H,3,5H2,1H3,(H2,18,20)/t13-/m0/s1. The van der Waals surface area contributed by atoms with Gasteiger partial charge in [-0.25, -0.2) is 0 Å². The lowest BCUT2D eigenvalue weighted by Gasteiger charge is -2.16. The summed E-state index contributed by atoms with van der Waals surface area (Å²) in [5.41, 5.74) is 10.3. The van der Waals surface area contributed by atoms with Crippen LogP contribution in [0.5, 0.6) is 0 Å². The highest BCUT2D eigenvalue weighted by atomic mass is 35.5. The third kappa shape index (κ3) is 2.08. The van der Waals surface area contributed by atoms with Crippen LogP contribution in [-0.2, 0) is 6.42 Å². The Kier molecular flexibility index (Phi) is 3.22. The Morgan fingerprint density at radius 2 is 2.15 bits per heavy atom. The van der Waals surface area contributed by atoms with Gasteiger partial charge < -0.3 is 5.73 Å². The Labute approximate surface area is 122 Å². The van der Waals surface area contributed by atoms with Gasteiger partial charge in [0, 0.05) is 17.1 Å². The predicted molar refractivity (Wildman–Crippen MR) is 79.1 cm³/mol.